The summed E-state index contributed by atoms with van der Waals surface area (Å²) in [6.45, 7) is 3.30. The number of anilines is 2. The van der Waals surface area contributed by atoms with Gasteiger partial charge in [-0.3, -0.25) is 0 Å². The summed E-state index contributed by atoms with van der Waals surface area (Å²) in [5, 5.41) is 21.7. The topological polar surface area (TPSA) is 116 Å². The zero-order valence-electron chi connectivity index (χ0n) is 10.1. The van der Waals surface area contributed by atoms with Gasteiger partial charge in [0.25, 0.3) is 0 Å². The van der Waals surface area contributed by atoms with E-state index in [2.05, 4.69) is 20.7 Å². The number of nitrogen functional groups attached to an aromatic ring is 1. The number of nitrogens with two attached hydrogens (primary N) is 1. The van der Waals surface area contributed by atoms with Crippen molar-refractivity contribution in [1.29, 1.82) is 0 Å². The minimum Gasteiger partial charge on any atom is -0.394 e. The van der Waals surface area contributed by atoms with Gasteiger partial charge in [0, 0.05) is 5.56 Å². The third-order valence-electron chi connectivity index (χ3n) is 2.89. The molecule has 0 saturated heterocycles. The molecule has 6 N–H and O–H groups in total. The SMILES string of the molecule is CCC(CO)(CO)Nc1ncnc(NN)c1C. The van der Waals surface area contributed by atoms with Crippen LogP contribution in [-0.4, -0.2) is 38.9 Å². The van der Waals surface area contributed by atoms with E-state index < -0.39 is 5.54 Å². The number of rotatable bonds is 6. The van der Waals surface area contributed by atoms with Gasteiger partial charge in [0.05, 0.1) is 18.8 Å². The number of aromatic nitrogens is 2. The smallest absolute Gasteiger partial charge is 0.148 e. The Bertz CT molecular complexity index is 359. The lowest BCUT2D eigenvalue weighted by molar-refractivity contribution is 0.132. The Morgan fingerprint density at radius 3 is 2.35 bits per heavy atom. The summed E-state index contributed by atoms with van der Waals surface area (Å²) in [5.74, 6) is 6.36. The first-order valence-electron chi connectivity index (χ1n) is 5.40. The van der Waals surface area contributed by atoms with Crippen molar-refractivity contribution in [3.63, 3.8) is 0 Å². The molecule has 1 heterocycles. The van der Waals surface area contributed by atoms with Gasteiger partial charge < -0.3 is 21.0 Å². The van der Waals surface area contributed by atoms with Crippen LogP contribution >= 0.6 is 0 Å². The first-order valence-corrected chi connectivity index (χ1v) is 5.40. The Morgan fingerprint density at radius 1 is 1.29 bits per heavy atom. The maximum Gasteiger partial charge on any atom is 0.148 e. The molecule has 0 aliphatic carbocycles. The molecule has 0 fully saturated rings. The van der Waals surface area contributed by atoms with Crippen LogP contribution in [0.15, 0.2) is 6.33 Å². The van der Waals surface area contributed by atoms with Crippen molar-refractivity contribution in [2.24, 2.45) is 5.84 Å². The number of aliphatic hydroxyl groups excluding tert-OH is 2. The molecule has 0 aliphatic rings. The Kier molecular flexibility index (Phi) is 4.62. The van der Waals surface area contributed by atoms with E-state index in [1.165, 1.54) is 6.33 Å². The molecule has 0 aliphatic heterocycles. The van der Waals surface area contributed by atoms with Crippen molar-refractivity contribution < 1.29 is 10.2 Å². The molecule has 96 valence electrons. The van der Waals surface area contributed by atoms with E-state index in [0.717, 1.165) is 5.56 Å². The molecule has 1 aromatic heterocycles. The predicted molar refractivity (Wildman–Crippen MR) is 65.4 cm³/mol. The third kappa shape index (κ3) is 2.82. The van der Waals surface area contributed by atoms with Crippen LogP contribution in [0.2, 0.25) is 0 Å². The van der Waals surface area contributed by atoms with Crippen molar-refractivity contribution in [3.8, 4) is 0 Å². The molecule has 7 nitrogen and oxygen atoms in total. The Morgan fingerprint density at radius 2 is 1.88 bits per heavy atom. The van der Waals surface area contributed by atoms with E-state index in [1.54, 1.807) is 6.92 Å². The normalized spacial score (nSPS) is 11.4. The van der Waals surface area contributed by atoms with Crippen molar-refractivity contribution >= 4 is 11.6 Å². The van der Waals surface area contributed by atoms with Crippen molar-refractivity contribution in [3.05, 3.63) is 11.9 Å². The number of nitrogens with one attached hydrogen (secondary N) is 2. The van der Waals surface area contributed by atoms with Gasteiger partial charge in [-0.15, -0.1) is 0 Å². The molecule has 0 atom stereocenters. The highest BCUT2D eigenvalue weighted by molar-refractivity contribution is 5.56. The highest BCUT2D eigenvalue weighted by Gasteiger charge is 2.27. The van der Waals surface area contributed by atoms with E-state index in [0.29, 0.717) is 18.1 Å². The summed E-state index contributed by atoms with van der Waals surface area (Å²) in [7, 11) is 0. The number of hydrazine groups is 1. The molecular weight excluding hydrogens is 222 g/mol. The quantitative estimate of drug-likeness (QED) is 0.340. The van der Waals surface area contributed by atoms with Crippen LogP contribution in [0.5, 0.6) is 0 Å². The number of hydrogen-bond acceptors (Lipinski definition) is 7. The zero-order chi connectivity index (χ0) is 12.9. The Hall–Kier alpha value is -1.44. The monoisotopic (exact) mass is 241 g/mol. The van der Waals surface area contributed by atoms with Gasteiger partial charge in [-0.25, -0.2) is 15.8 Å². The lowest BCUT2D eigenvalue weighted by Gasteiger charge is -2.31. The van der Waals surface area contributed by atoms with Crippen molar-refractivity contribution in [1.82, 2.24) is 9.97 Å². The summed E-state index contributed by atoms with van der Waals surface area (Å²) < 4.78 is 0. The minimum atomic E-state index is -0.787. The van der Waals surface area contributed by atoms with Crippen LogP contribution in [-0.2, 0) is 0 Å². The second kappa shape index (κ2) is 5.76. The molecule has 0 aromatic carbocycles. The van der Waals surface area contributed by atoms with E-state index in [9.17, 15) is 10.2 Å². The van der Waals surface area contributed by atoms with Crippen LogP contribution in [0, 0.1) is 6.92 Å². The fourth-order valence-electron chi connectivity index (χ4n) is 1.41. The van der Waals surface area contributed by atoms with Crippen LogP contribution in [0.3, 0.4) is 0 Å². The summed E-state index contributed by atoms with van der Waals surface area (Å²) in [6, 6.07) is 0. The summed E-state index contributed by atoms with van der Waals surface area (Å²) in [6.07, 6.45) is 1.93. The van der Waals surface area contributed by atoms with Gasteiger partial charge in [0.2, 0.25) is 0 Å². The maximum atomic E-state index is 9.35. The van der Waals surface area contributed by atoms with Gasteiger partial charge >= 0.3 is 0 Å². The van der Waals surface area contributed by atoms with Crippen LogP contribution < -0.4 is 16.6 Å². The van der Waals surface area contributed by atoms with E-state index in [4.69, 9.17) is 5.84 Å². The van der Waals surface area contributed by atoms with Gasteiger partial charge in [0.1, 0.15) is 18.0 Å². The van der Waals surface area contributed by atoms with Crippen molar-refractivity contribution in [2.75, 3.05) is 24.0 Å². The fourth-order valence-corrected chi connectivity index (χ4v) is 1.41. The molecule has 17 heavy (non-hydrogen) atoms. The average molecular weight is 241 g/mol. The van der Waals surface area contributed by atoms with Crippen molar-refractivity contribution in [2.45, 2.75) is 25.8 Å². The predicted octanol–water partition coefficient (Wildman–Crippen LogP) is -0.384. The zero-order valence-corrected chi connectivity index (χ0v) is 10.1. The Balaban J connectivity index is 3.01. The summed E-state index contributed by atoms with van der Waals surface area (Å²) in [5.41, 5.74) is 2.40. The summed E-state index contributed by atoms with van der Waals surface area (Å²) in [4.78, 5) is 8.03. The molecule has 0 radical (unpaired) electrons. The van der Waals surface area contributed by atoms with E-state index in [-0.39, 0.29) is 13.2 Å². The van der Waals surface area contributed by atoms with E-state index in [1.807, 2.05) is 6.92 Å². The minimum absolute atomic E-state index is 0.186. The number of hydrogen-bond donors (Lipinski definition) is 5. The second-order valence-corrected chi connectivity index (χ2v) is 3.92. The third-order valence-corrected chi connectivity index (χ3v) is 2.89. The van der Waals surface area contributed by atoms with E-state index >= 15 is 0 Å². The Labute approximate surface area is 100 Å². The lowest BCUT2D eigenvalue weighted by atomic mass is 9.98. The van der Waals surface area contributed by atoms with Gasteiger partial charge in [0.15, 0.2) is 0 Å². The molecule has 0 spiro atoms. The lowest BCUT2D eigenvalue weighted by Crippen LogP contribution is -2.45. The highest BCUT2D eigenvalue weighted by atomic mass is 16.3. The van der Waals surface area contributed by atoms with Crippen LogP contribution in [0.1, 0.15) is 18.9 Å². The van der Waals surface area contributed by atoms with Crippen LogP contribution in [0.4, 0.5) is 11.6 Å². The van der Waals surface area contributed by atoms with Gasteiger partial charge in [-0.1, -0.05) is 6.92 Å². The van der Waals surface area contributed by atoms with Crippen LogP contribution in [0.25, 0.3) is 0 Å². The molecular formula is C10H19N5O2. The highest BCUT2D eigenvalue weighted by Crippen LogP contribution is 2.22. The molecule has 1 rings (SSSR count). The molecule has 0 amide bonds. The molecule has 0 unspecified atom stereocenters. The molecule has 0 bridgehead atoms. The number of aliphatic hydroxyl groups is 2. The number of nitrogens with zero attached hydrogens (tertiary/aromatic N) is 2. The molecule has 1 aromatic rings. The van der Waals surface area contributed by atoms with Gasteiger partial charge in [-0.2, -0.15) is 0 Å². The molecule has 0 saturated carbocycles. The average Bonchev–Trinajstić information content (AvgIpc) is 2.38. The first-order chi connectivity index (χ1) is 8.12. The summed E-state index contributed by atoms with van der Waals surface area (Å²) >= 11 is 0. The first kappa shape index (κ1) is 13.6. The fraction of sp³-hybridized carbons (Fsp3) is 0.600. The molecule has 7 heteroatoms. The standard InChI is InChI=1S/C10H19N5O2/c1-3-10(4-16,5-17)14-8-7(2)9(15-11)13-6-12-8/h6,16-17H,3-5,11H2,1-2H3,(H2,12,13,14,15). The van der Waals surface area contributed by atoms with Gasteiger partial charge in [-0.05, 0) is 13.3 Å². The maximum absolute atomic E-state index is 9.35. The largest absolute Gasteiger partial charge is 0.394 e. The second-order valence-electron chi connectivity index (χ2n) is 3.92.